The number of carbonyl (C=O) groups is 1. The fourth-order valence-corrected chi connectivity index (χ4v) is 3.71. The van der Waals surface area contributed by atoms with Gasteiger partial charge < -0.3 is 20.1 Å². The molecule has 0 aromatic carbocycles. The molecule has 3 rings (SSSR count). The van der Waals surface area contributed by atoms with Crippen molar-refractivity contribution < 1.29 is 4.79 Å². The van der Waals surface area contributed by atoms with Crippen LogP contribution in [-0.4, -0.2) is 54.6 Å². The lowest BCUT2D eigenvalue weighted by molar-refractivity contribution is 0.0946. The first-order valence-corrected chi connectivity index (χ1v) is 9.10. The fraction of sp³-hybridized carbons (Fsp3) is 0.667. The lowest BCUT2D eigenvalue weighted by Crippen LogP contribution is -2.40. The van der Waals surface area contributed by atoms with Crippen LogP contribution in [0.3, 0.4) is 0 Å². The first-order valence-electron chi connectivity index (χ1n) is 9.10. The normalized spacial score (nSPS) is 19.5. The summed E-state index contributed by atoms with van der Waals surface area (Å²) in [5.41, 5.74) is 0.905. The van der Waals surface area contributed by atoms with Crippen molar-refractivity contribution in [1.82, 2.24) is 20.1 Å². The maximum atomic E-state index is 12.8. The molecule has 1 aromatic heterocycles. The van der Waals surface area contributed by atoms with Crippen LogP contribution in [0.15, 0.2) is 17.1 Å². The van der Waals surface area contributed by atoms with E-state index >= 15 is 0 Å². The summed E-state index contributed by atoms with van der Waals surface area (Å²) in [5.74, 6) is -0.236. The summed E-state index contributed by atoms with van der Waals surface area (Å²) in [6.07, 6.45) is 6.19. The Morgan fingerprint density at radius 3 is 2.71 bits per heavy atom. The monoisotopic (exact) mass is 332 g/mol. The number of aryl methyl sites for hydroxylation is 1. The van der Waals surface area contributed by atoms with E-state index in [4.69, 9.17) is 0 Å². The van der Waals surface area contributed by atoms with E-state index in [1.54, 1.807) is 4.57 Å². The Labute approximate surface area is 143 Å². The zero-order valence-corrected chi connectivity index (χ0v) is 14.5. The summed E-state index contributed by atoms with van der Waals surface area (Å²) in [5, 5.41) is 6.24. The van der Waals surface area contributed by atoms with Crippen molar-refractivity contribution >= 4 is 5.91 Å². The predicted molar refractivity (Wildman–Crippen MR) is 94.6 cm³/mol. The zero-order valence-electron chi connectivity index (χ0n) is 14.5. The van der Waals surface area contributed by atoms with Gasteiger partial charge in [-0.2, -0.15) is 0 Å². The molecule has 0 radical (unpaired) electrons. The highest BCUT2D eigenvalue weighted by Crippen LogP contribution is 2.17. The number of hydrogen-bond acceptors (Lipinski definition) is 4. The number of hydrogen-bond donors (Lipinski definition) is 2. The van der Waals surface area contributed by atoms with Gasteiger partial charge in [0.05, 0.1) is 0 Å². The summed E-state index contributed by atoms with van der Waals surface area (Å²) in [6.45, 7) is 7.36. The van der Waals surface area contributed by atoms with Gasteiger partial charge in [-0.25, -0.2) is 0 Å². The Kier molecular flexibility index (Phi) is 5.68. The molecule has 1 aromatic rings. The lowest BCUT2D eigenvalue weighted by Gasteiger charge is -2.25. The second kappa shape index (κ2) is 7.94. The maximum absolute atomic E-state index is 12.8. The smallest absolute Gasteiger partial charge is 0.263 e. The second-order valence-corrected chi connectivity index (χ2v) is 6.87. The van der Waals surface area contributed by atoms with E-state index in [1.165, 1.54) is 12.8 Å². The molecule has 0 saturated carbocycles. The maximum Gasteiger partial charge on any atom is 0.263 e. The number of aromatic nitrogens is 1. The van der Waals surface area contributed by atoms with Crippen LogP contribution in [0.2, 0.25) is 0 Å². The van der Waals surface area contributed by atoms with Crippen LogP contribution < -0.4 is 16.2 Å². The SMILES string of the molecule is Cc1ccn(C2CCNCC2)c(=O)c1C(=O)NCCN1CCCC1. The fourth-order valence-electron chi connectivity index (χ4n) is 3.71. The Morgan fingerprint density at radius 1 is 1.29 bits per heavy atom. The second-order valence-electron chi connectivity index (χ2n) is 6.87. The summed E-state index contributed by atoms with van der Waals surface area (Å²) in [6, 6.07) is 2.08. The first-order chi connectivity index (χ1) is 11.7. The molecule has 0 atom stereocenters. The molecule has 0 spiro atoms. The predicted octanol–water partition coefficient (Wildman–Crippen LogP) is 0.907. The molecule has 2 aliphatic heterocycles. The molecule has 2 N–H and O–H groups in total. The Balaban J connectivity index is 1.68. The van der Waals surface area contributed by atoms with Gasteiger partial charge in [-0.05, 0) is 70.4 Å². The molecular formula is C18H28N4O2. The highest BCUT2D eigenvalue weighted by molar-refractivity contribution is 5.95. The van der Waals surface area contributed by atoms with Crippen molar-refractivity contribution in [3.63, 3.8) is 0 Å². The molecule has 2 fully saturated rings. The van der Waals surface area contributed by atoms with Crippen molar-refractivity contribution in [3.8, 4) is 0 Å². The summed E-state index contributed by atoms with van der Waals surface area (Å²) in [7, 11) is 0. The van der Waals surface area contributed by atoms with E-state index in [-0.39, 0.29) is 17.5 Å². The standard InChI is InChI=1S/C18H28N4O2/c1-14-6-12-22(15-4-7-19-8-5-15)18(24)16(14)17(23)20-9-13-21-10-2-3-11-21/h6,12,15,19H,2-5,7-11,13H2,1H3,(H,20,23). The molecule has 2 aliphatic rings. The summed E-state index contributed by atoms with van der Waals surface area (Å²) in [4.78, 5) is 27.7. The van der Waals surface area contributed by atoms with Crippen LogP contribution in [0.5, 0.6) is 0 Å². The van der Waals surface area contributed by atoms with Crippen molar-refractivity contribution in [2.75, 3.05) is 39.3 Å². The van der Waals surface area contributed by atoms with Gasteiger partial charge >= 0.3 is 0 Å². The number of rotatable bonds is 5. The third-order valence-corrected chi connectivity index (χ3v) is 5.17. The summed E-state index contributed by atoms with van der Waals surface area (Å²) < 4.78 is 1.75. The molecule has 6 nitrogen and oxygen atoms in total. The minimum Gasteiger partial charge on any atom is -0.351 e. The van der Waals surface area contributed by atoms with Gasteiger partial charge in [0.1, 0.15) is 5.56 Å². The quantitative estimate of drug-likeness (QED) is 0.841. The zero-order chi connectivity index (χ0) is 16.9. The molecule has 24 heavy (non-hydrogen) atoms. The molecule has 132 valence electrons. The van der Waals surface area contributed by atoms with Gasteiger partial charge in [0.25, 0.3) is 11.5 Å². The van der Waals surface area contributed by atoms with Crippen LogP contribution >= 0.6 is 0 Å². The number of amides is 1. The van der Waals surface area contributed by atoms with Crippen molar-refractivity contribution in [2.45, 2.75) is 38.6 Å². The van der Waals surface area contributed by atoms with Crippen LogP contribution in [0.25, 0.3) is 0 Å². The van der Waals surface area contributed by atoms with Crippen LogP contribution in [0.1, 0.15) is 47.6 Å². The van der Waals surface area contributed by atoms with Crippen LogP contribution in [0, 0.1) is 6.92 Å². The van der Waals surface area contributed by atoms with E-state index in [0.717, 1.165) is 51.1 Å². The average molecular weight is 332 g/mol. The van der Waals surface area contributed by atoms with Crippen molar-refractivity contribution in [1.29, 1.82) is 0 Å². The molecular weight excluding hydrogens is 304 g/mol. The van der Waals surface area contributed by atoms with Gasteiger partial charge in [-0.1, -0.05) is 0 Å². The molecule has 0 aliphatic carbocycles. The first kappa shape index (κ1) is 17.2. The minimum atomic E-state index is -0.236. The number of carbonyl (C=O) groups excluding carboxylic acids is 1. The van der Waals surface area contributed by atoms with Gasteiger partial charge in [0.15, 0.2) is 0 Å². The minimum absolute atomic E-state index is 0.152. The van der Waals surface area contributed by atoms with Gasteiger partial charge in [-0.15, -0.1) is 0 Å². The Morgan fingerprint density at radius 2 is 2.00 bits per heavy atom. The Hall–Kier alpha value is -1.66. The van der Waals surface area contributed by atoms with E-state index < -0.39 is 0 Å². The van der Waals surface area contributed by atoms with Crippen molar-refractivity contribution in [2.24, 2.45) is 0 Å². The molecule has 2 saturated heterocycles. The Bertz CT molecular complexity index is 628. The highest BCUT2D eigenvalue weighted by atomic mass is 16.2. The number of nitrogens with zero attached hydrogens (tertiary/aromatic N) is 2. The largest absolute Gasteiger partial charge is 0.351 e. The van der Waals surface area contributed by atoms with E-state index in [1.807, 2.05) is 19.2 Å². The topological polar surface area (TPSA) is 66.4 Å². The van der Waals surface area contributed by atoms with Crippen LogP contribution in [-0.2, 0) is 0 Å². The highest BCUT2D eigenvalue weighted by Gasteiger charge is 2.21. The van der Waals surface area contributed by atoms with E-state index in [0.29, 0.717) is 12.1 Å². The van der Waals surface area contributed by atoms with Gasteiger partial charge in [0, 0.05) is 25.3 Å². The molecule has 1 amide bonds. The third-order valence-electron chi connectivity index (χ3n) is 5.17. The van der Waals surface area contributed by atoms with Crippen LogP contribution in [0.4, 0.5) is 0 Å². The number of nitrogens with one attached hydrogen (secondary N) is 2. The third kappa shape index (κ3) is 3.87. The van der Waals surface area contributed by atoms with Gasteiger partial charge in [0.2, 0.25) is 0 Å². The number of pyridine rings is 1. The molecule has 0 bridgehead atoms. The molecule has 3 heterocycles. The van der Waals surface area contributed by atoms with Crippen molar-refractivity contribution in [3.05, 3.63) is 33.7 Å². The average Bonchev–Trinajstić information content (AvgIpc) is 3.09. The van der Waals surface area contributed by atoms with E-state index in [2.05, 4.69) is 15.5 Å². The van der Waals surface area contributed by atoms with Gasteiger partial charge in [-0.3, -0.25) is 9.59 Å². The molecule has 6 heteroatoms. The molecule has 0 unspecified atom stereocenters. The lowest BCUT2D eigenvalue weighted by atomic mass is 10.0. The number of likely N-dealkylation sites (tertiary alicyclic amines) is 1. The summed E-state index contributed by atoms with van der Waals surface area (Å²) >= 11 is 0. The number of piperidine rings is 1. The van der Waals surface area contributed by atoms with E-state index in [9.17, 15) is 9.59 Å².